The van der Waals surface area contributed by atoms with E-state index < -0.39 is 0 Å². The fourth-order valence-electron chi connectivity index (χ4n) is 6.36. The van der Waals surface area contributed by atoms with Crippen molar-refractivity contribution < 1.29 is 4.79 Å². The third-order valence-corrected chi connectivity index (χ3v) is 7.57. The number of nitrogens with one attached hydrogen (secondary N) is 1. The van der Waals surface area contributed by atoms with Gasteiger partial charge in [0.1, 0.15) is 0 Å². The van der Waals surface area contributed by atoms with Gasteiger partial charge < -0.3 is 10.2 Å². The van der Waals surface area contributed by atoms with Crippen LogP contribution in [0.15, 0.2) is 60.7 Å². The van der Waals surface area contributed by atoms with Crippen LogP contribution in [0, 0.1) is 5.41 Å². The molecule has 2 atom stereocenters. The first-order valence-corrected chi connectivity index (χ1v) is 13.1. The number of aryl methyl sites for hydroxylation is 1. The van der Waals surface area contributed by atoms with Gasteiger partial charge >= 0.3 is 6.03 Å². The summed E-state index contributed by atoms with van der Waals surface area (Å²) < 4.78 is 0. The van der Waals surface area contributed by atoms with Crippen molar-refractivity contribution in [3.05, 3.63) is 71.8 Å². The molecule has 4 heteroatoms. The molecule has 1 saturated carbocycles. The number of urea groups is 1. The Morgan fingerprint density at radius 2 is 1.59 bits per heavy atom. The summed E-state index contributed by atoms with van der Waals surface area (Å²) in [5.41, 5.74) is 2.37. The largest absolute Gasteiger partial charge is 0.338 e. The van der Waals surface area contributed by atoms with E-state index in [9.17, 15) is 4.79 Å². The van der Waals surface area contributed by atoms with Crippen molar-refractivity contribution in [3.63, 3.8) is 0 Å². The molecule has 2 aromatic carbocycles. The van der Waals surface area contributed by atoms with Crippen LogP contribution in [0.4, 0.5) is 4.79 Å². The summed E-state index contributed by atoms with van der Waals surface area (Å²) in [5.74, 6) is 0. The first-order chi connectivity index (χ1) is 16.2. The van der Waals surface area contributed by atoms with Gasteiger partial charge in [0.2, 0.25) is 0 Å². The molecular weight excluding hydrogens is 418 g/mol. The number of hydrogen-bond donors (Lipinski definition) is 1. The molecular formula is C30H43N3O. The Kier molecular flexibility index (Phi) is 7.37. The molecule has 1 aliphatic carbocycles. The van der Waals surface area contributed by atoms with Crippen LogP contribution < -0.4 is 5.32 Å². The summed E-state index contributed by atoms with van der Waals surface area (Å²) in [4.78, 5) is 18.7. The average Bonchev–Trinajstić information content (AvgIpc) is 3.63. The molecule has 1 N–H and O–H groups in total. The number of benzene rings is 2. The highest BCUT2D eigenvalue weighted by Gasteiger charge is 2.56. The van der Waals surface area contributed by atoms with Crippen LogP contribution in [-0.4, -0.2) is 46.5 Å². The van der Waals surface area contributed by atoms with E-state index >= 15 is 0 Å². The highest BCUT2D eigenvalue weighted by atomic mass is 16.2. The van der Waals surface area contributed by atoms with Crippen LogP contribution in [-0.2, 0) is 6.42 Å². The zero-order valence-corrected chi connectivity index (χ0v) is 21.8. The highest BCUT2D eigenvalue weighted by Crippen LogP contribution is 2.48. The normalized spacial score (nSPS) is 23.0. The Hall–Kier alpha value is -2.33. The topological polar surface area (TPSA) is 35.6 Å². The predicted octanol–water partition coefficient (Wildman–Crippen LogP) is 6.43. The van der Waals surface area contributed by atoms with E-state index in [0.717, 1.165) is 25.8 Å². The number of carbonyl (C=O) groups is 1. The summed E-state index contributed by atoms with van der Waals surface area (Å²) in [7, 11) is 0. The van der Waals surface area contributed by atoms with Crippen LogP contribution in [0.25, 0.3) is 0 Å². The first kappa shape index (κ1) is 24.8. The molecule has 2 aromatic rings. The van der Waals surface area contributed by atoms with E-state index in [-0.39, 0.29) is 23.0 Å². The van der Waals surface area contributed by atoms with Gasteiger partial charge in [0.05, 0.1) is 11.6 Å². The molecule has 1 heterocycles. The van der Waals surface area contributed by atoms with Gasteiger partial charge in [-0.1, -0.05) is 81.4 Å². The minimum atomic E-state index is -0.298. The SMILES string of the molecule is CC(C)(C)C1N(C2CC2)CC(c2ccccc2)N(C(=O)NCCCCc2ccccc2)C1(C)C. The lowest BCUT2D eigenvalue weighted by molar-refractivity contribution is -0.0888. The Bertz CT molecular complexity index is 931. The van der Waals surface area contributed by atoms with E-state index in [2.05, 4.69) is 110 Å². The maximum atomic E-state index is 13.8. The van der Waals surface area contributed by atoms with Crippen molar-refractivity contribution in [1.29, 1.82) is 0 Å². The van der Waals surface area contributed by atoms with Gasteiger partial charge in [-0.25, -0.2) is 4.79 Å². The number of piperazine rings is 1. The molecule has 184 valence electrons. The zero-order chi connectivity index (χ0) is 24.3. The number of nitrogens with zero attached hydrogens (tertiary/aromatic N) is 2. The van der Waals surface area contributed by atoms with Crippen molar-refractivity contribution in [3.8, 4) is 0 Å². The molecule has 2 amide bonds. The molecule has 0 bridgehead atoms. The smallest absolute Gasteiger partial charge is 0.318 e. The van der Waals surface area contributed by atoms with Crippen molar-refractivity contribution in [2.24, 2.45) is 5.41 Å². The summed E-state index contributed by atoms with van der Waals surface area (Å²) in [6.07, 6.45) is 5.67. The van der Waals surface area contributed by atoms with Crippen LogP contribution in [0.1, 0.15) is 77.5 Å². The number of amides is 2. The van der Waals surface area contributed by atoms with Crippen LogP contribution in [0.5, 0.6) is 0 Å². The monoisotopic (exact) mass is 461 g/mol. The summed E-state index contributed by atoms with van der Waals surface area (Å²) >= 11 is 0. The number of rotatable bonds is 7. The quantitative estimate of drug-likeness (QED) is 0.482. The van der Waals surface area contributed by atoms with Gasteiger partial charge in [0.25, 0.3) is 0 Å². The molecule has 0 radical (unpaired) electrons. The van der Waals surface area contributed by atoms with Crippen LogP contribution >= 0.6 is 0 Å². The number of unbranched alkanes of at least 4 members (excludes halogenated alkanes) is 1. The fraction of sp³-hybridized carbons (Fsp3) is 0.567. The molecule has 1 aliphatic heterocycles. The second kappa shape index (κ2) is 10.1. The maximum Gasteiger partial charge on any atom is 0.318 e. The molecule has 4 rings (SSSR count). The lowest BCUT2D eigenvalue weighted by Gasteiger charge is -2.60. The second-order valence-electron chi connectivity index (χ2n) is 11.8. The number of hydrogen-bond acceptors (Lipinski definition) is 2. The molecule has 2 aliphatic rings. The lowest BCUT2D eigenvalue weighted by atomic mass is 9.71. The van der Waals surface area contributed by atoms with E-state index in [0.29, 0.717) is 18.6 Å². The van der Waals surface area contributed by atoms with E-state index in [1.54, 1.807) is 0 Å². The Labute approximate surface area is 206 Å². The maximum absolute atomic E-state index is 13.8. The molecule has 2 unspecified atom stereocenters. The fourth-order valence-corrected chi connectivity index (χ4v) is 6.36. The van der Waals surface area contributed by atoms with Gasteiger partial charge in [-0.05, 0) is 62.5 Å². The summed E-state index contributed by atoms with van der Waals surface area (Å²) in [6.45, 7) is 13.2. The van der Waals surface area contributed by atoms with E-state index in [1.165, 1.54) is 24.0 Å². The minimum Gasteiger partial charge on any atom is -0.338 e. The lowest BCUT2D eigenvalue weighted by Crippen LogP contribution is -2.72. The Balaban J connectivity index is 1.50. The van der Waals surface area contributed by atoms with Crippen molar-refractivity contribution in [1.82, 2.24) is 15.1 Å². The first-order valence-electron chi connectivity index (χ1n) is 13.1. The summed E-state index contributed by atoms with van der Waals surface area (Å²) in [5, 5.41) is 3.29. The molecule has 1 saturated heterocycles. The van der Waals surface area contributed by atoms with Gasteiger partial charge in [0.15, 0.2) is 0 Å². The van der Waals surface area contributed by atoms with Crippen molar-refractivity contribution >= 4 is 6.03 Å². The van der Waals surface area contributed by atoms with Crippen molar-refractivity contribution in [2.45, 2.75) is 90.4 Å². The Morgan fingerprint density at radius 1 is 0.971 bits per heavy atom. The molecule has 34 heavy (non-hydrogen) atoms. The standard InChI is InChI=1S/C30H43N3O/c1-29(2,3)27-30(4,5)33(28(34)31-21-13-12-16-23-14-8-6-9-15-23)26(22-32(27)25-19-20-25)24-17-10-7-11-18-24/h6-11,14-15,17-18,25-27H,12-13,16,19-22H2,1-5H3,(H,31,34). The third-order valence-electron chi connectivity index (χ3n) is 7.57. The molecule has 0 spiro atoms. The van der Waals surface area contributed by atoms with Crippen molar-refractivity contribution in [2.75, 3.05) is 13.1 Å². The van der Waals surface area contributed by atoms with Gasteiger partial charge in [-0.2, -0.15) is 0 Å². The van der Waals surface area contributed by atoms with Crippen LogP contribution in [0.3, 0.4) is 0 Å². The van der Waals surface area contributed by atoms with E-state index in [4.69, 9.17) is 0 Å². The molecule has 4 nitrogen and oxygen atoms in total. The molecule has 0 aromatic heterocycles. The van der Waals surface area contributed by atoms with Gasteiger partial charge in [0, 0.05) is 25.2 Å². The van der Waals surface area contributed by atoms with Crippen LogP contribution in [0.2, 0.25) is 0 Å². The second-order valence-corrected chi connectivity index (χ2v) is 11.8. The average molecular weight is 462 g/mol. The Morgan fingerprint density at radius 3 is 2.18 bits per heavy atom. The number of carbonyl (C=O) groups excluding carboxylic acids is 1. The zero-order valence-electron chi connectivity index (χ0n) is 21.8. The molecule has 2 fully saturated rings. The van der Waals surface area contributed by atoms with Gasteiger partial charge in [-0.15, -0.1) is 0 Å². The van der Waals surface area contributed by atoms with E-state index in [1.807, 2.05) is 0 Å². The highest BCUT2D eigenvalue weighted by molar-refractivity contribution is 5.76. The predicted molar refractivity (Wildman–Crippen MR) is 141 cm³/mol. The minimum absolute atomic E-state index is 0.0553. The van der Waals surface area contributed by atoms with Gasteiger partial charge in [-0.3, -0.25) is 4.90 Å². The third kappa shape index (κ3) is 5.49. The summed E-state index contributed by atoms with van der Waals surface area (Å²) in [6, 6.07) is 22.3.